The summed E-state index contributed by atoms with van der Waals surface area (Å²) in [5.41, 5.74) is 1.02. The fourth-order valence-corrected chi connectivity index (χ4v) is 4.68. The third kappa shape index (κ3) is 10.5. The highest BCUT2D eigenvalue weighted by Gasteiger charge is 2.38. The minimum Gasteiger partial charge on any atom is -0.494 e. The maximum absolute atomic E-state index is 12.9. The maximum Gasteiger partial charge on any atom is 0.309 e. The van der Waals surface area contributed by atoms with Crippen molar-refractivity contribution < 1.29 is 14.3 Å². The average molecular weight is 514 g/mol. The van der Waals surface area contributed by atoms with Crippen LogP contribution in [-0.4, -0.2) is 25.4 Å². The van der Waals surface area contributed by atoms with Gasteiger partial charge in [-0.2, -0.15) is 0 Å². The van der Waals surface area contributed by atoms with E-state index in [1.165, 1.54) is 4.88 Å². The molecule has 1 aromatic heterocycles. The zero-order valence-corrected chi connectivity index (χ0v) is 24.4. The molecular weight excluding hydrogens is 466 g/mol. The Labute approximate surface area is 223 Å². The molecule has 2 rings (SSSR count). The van der Waals surface area contributed by atoms with Crippen LogP contribution in [0.2, 0.25) is 0 Å². The molecule has 0 saturated heterocycles. The van der Waals surface area contributed by atoms with E-state index in [9.17, 15) is 4.79 Å². The van der Waals surface area contributed by atoms with Gasteiger partial charge < -0.3 is 9.47 Å². The molecule has 0 N–H and O–H groups in total. The van der Waals surface area contributed by atoms with Crippen molar-refractivity contribution in [3.05, 3.63) is 46.2 Å². The van der Waals surface area contributed by atoms with Gasteiger partial charge in [0, 0.05) is 16.0 Å². The lowest BCUT2D eigenvalue weighted by Crippen LogP contribution is -2.35. The summed E-state index contributed by atoms with van der Waals surface area (Å²) in [6.07, 6.45) is 8.80. The fourth-order valence-electron chi connectivity index (χ4n) is 3.93. The number of esters is 1. The smallest absolute Gasteiger partial charge is 0.309 e. The van der Waals surface area contributed by atoms with Gasteiger partial charge in [-0.1, -0.05) is 54.4 Å². The largest absolute Gasteiger partial charge is 0.494 e. The number of rotatable bonds is 16. The van der Waals surface area contributed by atoms with Crippen molar-refractivity contribution in [3.8, 4) is 5.75 Å². The molecule has 0 fully saturated rings. The first-order chi connectivity index (χ1) is 17.1. The normalized spacial score (nSPS) is 13.2. The molecule has 0 amide bonds. The summed E-state index contributed by atoms with van der Waals surface area (Å²) in [5.74, 6) is 0.794. The quantitative estimate of drug-likeness (QED) is 0.128. The van der Waals surface area contributed by atoms with Crippen molar-refractivity contribution >= 4 is 29.2 Å². The highest BCUT2D eigenvalue weighted by molar-refractivity contribution is 7.13. The Morgan fingerprint density at radius 3 is 2.19 bits per heavy atom. The van der Waals surface area contributed by atoms with Crippen LogP contribution in [0.4, 0.5) is 5.69 Å². The van der Waals surface area contributed by atoms with E-state index in [4.69, 9.17) is 9.47 Å². The van der Waals surface area contributed by atoms with Crippen molar-refractivity contribution in [1.82, 2.24) is 0 Å². The summed E-state index contributed by atoms with van der Waals surface area (Å²) in [7, 11) is 0. The second-order valence-electron chi connectivity index (χ2n) is 11.2. The standard InChI is InChI=1S/C31H47NO3S/c1-8-30(4,5)22-28(31(6,7)9-2)29(33)35-21-13-11-10-12-20-34-26-17-15-25(16-18-26)32-23-27-19-14-24(3)36-27/h14-19,23,28H,8-13,20-22H2,1-7H3. The van der Waals surface area contributed by atoms with Crippen LogP contribution in [0, 0.1) is 23.7 Å². The van der Waals surface area contributed by atoms with Crippen molar-refractivity contribution in [2.75, 3.05) is 13.2 Å². The molecule has 0 aliphatic carbocycles. The Morgan fingerprint density at radius 2 is 1.61 bits per heavy atom. The van der Waals surface area contributed by atoms with Crippen LogP contribution < -0.4 is 4.74 Å². The van der Waals surface area contributed by atoms with Crippen molar-refractivity contribution in [2.45, 2.75) is 93.4 Å². The first kappa shape index (κ1) is 30.1. The van der Waals surface area contributed by atoms with Gasteiger partial charge in [0.05, 0.1) is 24.8 Å². The van der Waals surface area contributed by atoms with Gasteiger partial charge in [0.2, 0.25) is 0 Å². The molecule has 0 aliphatic rings. The van der Waals surface area contributed by atoms with Gasteiger partial charge in [0.25, 0.3) is 0 Å². The summed E-state index contributed by atoms with van der Waals surface area (Å²) in [4.78, 5) is 19.9. The second kappa shape index (κ2) is 14.6. The Bertz CT molecular complexity index is 943. The highest BCUT2D eigenvalue weighted by Crippen LogP contribution is 2.40. The first-order valence-electron chi connectivity index (χ1n) is 13.6. The van der Waals surface area contributed by atoms with Gasteiger partial charge in [-0.15, -0.1) is 11.3 Å². The van der Waals surface area contributed by atoms with E-state index in [2.05, 4.69) is 65.6 Å². The van der Waals surface area contributed by atoms with Crippen molar-refractivity contribution in [3.63, 3.8) is 0 Å². The van der Waals surface area contributed by atoms with E-state index in [0.717, 1.165) is 61.3 Å². The number of thiophene rings is 1. The van der Waals surface area contributed by atoms with Crippen LogP contribution in [0.3, 0.4) is 0 Å². The van der Waals surface area contributed by atoms with Crippen LogP contribution in [0.5, 0.6) is 5.75 Å². The molecule has 1 aromatic carbocycles. The van der Waals surface area contributed by atoms with Gasteiger partial charge in [-0.25, -0.2) is 0 Å². The number of aryl methyl sites for hydroxylation is 1. The molecule has 0 aliphatic heterocycles. The molecule has 36 heavy (non-hydrogen) atoms. The molecule has 200 valence electrons. The number of carbonyl (C=O) groups excluding carboxylic acids is 1. The van der Waals surface area contributed by atoms with Gasteiger partial charge in [0.15, 0.2) is 0 Å². The first-order valence-corrected chi connectivity index (χ1v) is 14.4. The van der Waals surface area contributed by atoms with E-state index >= 15 is 0 Å². The number of hydrogen-bond acceptors (Lipinski definition) is 5. The van der Waals surface area contributed by atoms with Gasteiger partial charge in [0.1, 0.15) is 5.75 Å². The summed E-state index contributed by atoms with van der Waals surface area (Å²) in [6.45, 7) is 16.5. The number of aliphatic imine (C=N–C) groups is 1. The summed E-state index contributed by atoms with van der Waals surface area (Å²) >= 11 is 1.74. The SMILES string of the molecule is CCC(C)(C)CC(C(=O)OCCCCCCOc1ccc(N=Cc2ccc(C)s2)cc1)C(C)(C)CC. The van der Waals surface area contributed by atoms with Crippen LogP contribution >= 0.6 is 11.3 Å². The predicted octanol–water partition coefficient (Wildman–Crippen LogP) is 9.17. The lowest BCUT2D eigenvalue weighted by molar-refractivity contribution is -0.154. The van der Waals surface area contributed by atoms with E-state index in [1.807, 2.05) is 30.5 Å². The molecule has 0 radical (unpaired) electrons. The number of ether oxygens (including phenoxy) is 2. The Morgan fingerprint density at radius 1 is 0.944 bits per heavy atom. The van der Waals surface area contributed by atoms with Gasteiger partial charge in [-0.05, 0) is 86.3 Å². The fraction of sp³-hybridized carbons (Fsp3) is 0.613. The lowest BCUT2D eigenvalue weighted by atomic mass is 9.68. The summed E-state index contributed by atoms with van der Waals surface area (Å²) in [6, 6.07) is 12.1. The van der Waals surface area contributed by atoms with Gasteiger partial charge in [-0.3, -0.25) is 9.79 Å². The molecular formula is C31H47NO3S. The highest BCUT2D eigenvalue weighted by atomic mass is 32.1. The molecule has 2 aromatic rings. The minimum absolute atomic E-state index is 0.0232. The molecule has 0 spiro atoms. The zero-order chi connectivity index (χ0) is 26.6. The monoisotopic (exact) mass is 513 g/mol. The summed E-state index contributed by atoms with van der Waals surface area (Å²) in [5, 5.41) is 0. The van der Waals surface area contributed by atoms with E-state index in [0.29, 0.717) is 13.2 Å². The average Bonchev–Trinajstić information content (AvgIpc) is 3.28. The second-order valence-corrected chi connectivity index (χ2v) is 12.6. The molecule has 1 atom stereocenters. The molecule has 0 bridgehead atoms. The molecule has 1 heterocycles. The Balaban J connectivity index is 1.63. The molecule has 1 unspecified atom stereocenters. The Hall–Kier alpha value is -2.14. The van der Waals surface area contributed by atoms with Crippen LogP contribution in [-0.2, 0) is 9.53 Å². The van der Waals surface area contributed by atoms with Gasteiger partial charge >= 0.3 is 5.97 Å². The van der Waals surface area contributed by atoms with Crippen LogP contribution in [0.15, 0.2) is 41.4 Å². The number of hydrogen-bond donors (Lipinski definition) is 0. The number of unbranched alkanes of at least 4 members (excludes halogenated alkanes) is 3. The minimum atomic E-state index is -0.0529. The van der Waals surface area contributed by atoms with E-state index in [1.54, 1.807) is 11.3 Å². The van der Waals surface area contributed by atoms with Crippen LogP contribution in [0.1, 0.15) is 96.2 Å². The summed E-state index contributed by atoms with van der Waals surface area (Å²) < 4.78 is 11.6. The van der Waals surface area contributed by atoms with E-state index < -0.39 is 0 Å². The topological polar surface area (TPSA) is 47.9 Å². The predicted molar refractivity (Wildman–Crippen MR) is 154 cm³/mol. The Kier molecular flexibility index (Phi) is 12.2. The van der Waals surface area contributed by atoms with Crippen molar-refractivity contribution in [2.24, 2.45) is 21.7 Å². The third-order valence-electron chi connectivity index (χ3n) is 7.34. The maximum atomic E-state index is 12.9. The number of benzene rings is 1. The third-order valence-corrected chi connectivity index (χ3v) is 8.28. The number of nitrogens with zero attached hydrogens (tertiary/aromatic N) is 1. The van der Waals surface area contributed by atoms with Crippen LogP contribution in [0.25, 0.3) is 0 Å². The zero-order valence-electron chi connectivity index (χ0n) is 23.6. The molecule has 5 heteroatoms. The molecule has 0 saturated carbocycles. The molecule has 4 nitrogen and oxygen atoms in total. The van der Waals surface area contributed by atoms with E-state index in [-0.39, 0.29) is 22.7 Å². The number of carbonyl (C=O) groups is 1. The van der Waals surface area contributed by atoms with Crippen molar-refractivity contribution in [1.29, 1.82) is 0 Å². The lowest BCUT2D eigenvalue weighted by Gasteiger charge is -2.37.